The maximum Gasteiger partial charge on any atom is 0.239 e. The van der Waals surface area contributed by atoms with E-state index in [1.165, 1.54) is 0 Å². The monoisotopic (exact) mass is 385 g/mol. The molecule has 28 heavy (non-hydrogen) atoms. The van der Waals surface area contributed by atoms with Crippen LogP contribution in [0.2, 0.25) is 0 Å². The minimum absolute atomic E-state index is 0.0506. The number of allylic oxidation sites excluding steroid dienone is 1. The number of ketones is 1. The number of ether oxygens (including phenoxy) is 1. The Kier molecular flexibility index (Phi) is 6.08. The van der Waals surface area contributed by atoms with Gasteiger partial charge in [0, 0.05) is 38.0 Å². The predicted molar refractivity (Wildman–Crippen MR) is 111 cm³/mol. The number of para-hydroxylation sites is 2. The zero-order chi connectivity index (χ0) is 20.3. The number of amides is 1. The predicted octanol–water partition coefficient (Wildman–Crippen LogP) is 3.10. The highest BCUT2D eigenvalue weighted by atomic mass is 16.5. The van der Waals surface area contributed by atoms with Crippen LogP contribution in [0.1, 0.15) is 40.0 Å². The highest BCUT2D eigenvalue weighted by Gasteiger charge is 2.39. The number of carbonyl (C=O) groups excluding carboxylic acids is 2. The van der Waals surface area contributed by atoms with Crippen molar-refractivity contribution in [2.45, 2.75) is 46.1 Å². The van der Waals surface area contributed by atoms with Crippen molar-refractivity contribution in [2.75, 3.05) is 37.0 Å². The van der Waals surface area contributed by atoms with E-state index in [1.807, 2.05) is 36.1 Å². The third kappa shape index (κ3) is 4.38. The number of fused-ring (bicyclic) bond motifs is 1. The molecule has 2 aliphatic rings. The molecule has 1 heterocycles. The second-order valence-electron chi connectivity index (χ2n) is 8.48. The molecule has 0 bridgehead atoms. The van der Waals surface area contributed by atoms with Crippen molar-refractivity contribution in [2.24, 2.45) is 5.41 Å². The Morgan fingerprint density at radius 1 is 1.32 bits per heavy atom. The van der Waals surface area contributed by atoms with Crippen molar-refractivity contribution < 1.29 is 14.3 Å². The lowest BCUT2D eigenvalue weighted by molar-refractivity contribution is -0.120. The van der Waals surface area contributed by atoms with Gasteiger partial charge in [-0.05, 0) is 37.3 Å². The second kappa shape index (κ2) is 8.35. The first-order chi connectivity index (χ1) is 13.3. The largest absolute Gasteiger partial charge is 0.385 e. The minimum Gasteiger partial charge on any atom is -0.385 e. The van der Waals surface area contributed by atoms with Crippen molar-refractivity contribution in [1.82, 2.24) is 5.32 Å². The van der Waals surface area contributed by atoms with E-state index >= 15 is 0 Å². The van der Waals surface area contributed by atoms with Crippen LogP contribution in [0.3, 0.4) is 0 Å². The molecule has 1 aliphatic heterocycles. The van der Waals surface area contributed by atoms with Gasteiger partial charge in [0.1, 0.15) is 0 Å². The van der Waals surface area contributed by atoms with Gasteiger partial charge in [-0.3, -0.25) is 9.59 Å². The van der Waals surface area contributed by atoms with Crippen LogP contribution in [-0.4, -0.2) is 44.5 Å². The van der Waals surface area contributed by atoms with E-state index in [0.29, 0.717) is 19.6 Å². The summed E-state index contributed by atoms with van der Waals surface area (Å²) in [6.07, 6.45) is 2.13. The lowest BCUT2D eigenvalue weighted by atomic mass is 9.74. The van der Waals surface area contributed by atoms with E-state index in [9.17, 15) is 9.59 Å². The van der Waals surface area contributed by atoms with Gasteiger partial charge in [-0.25, -0.2) is 0 Å². The third-order valence-electron chi connectivity index (χ3n) is 5.47. The Morgan fingerprint density at radius 2 is 2.07 bits per heavy atom. The van der Waals surface area contributed by atoms with Crippen LogP contribution in [-0.2, 0) is 14.3 Å². The van der Waals surface area contributed by atoms with E-state index in [0.717, 1.165) is 35.5 Å². The van der Waals surface area contributed by atoms with Crippen molar-refractivity contribution in [1.29, 1.82) is 0 Å². The van der Waals surface area contributed by atoms with Crippen molar-refractivity contribution >= 4 is 23.1 Å². The molecule has 3 rings (SSSR count). The molecular weight excluding hydrogens is 354 g/mol. The minimum atomic E-state index is -0.167. The highest BCUT2D eigenvalue weighted by Crippen LogP contribution is 2.43. The van der Waals surface area contributed by atoms with E-state index in [2.05, 4.69) is 24.5 Å². The molecule has 0 radical (unpaired) electrons. The van der Waals surface area contributed by atoms with E-state index < -0.39 is 0 Å². The molecule has 152 valence electrons. The Bertz CT molecular complexity index is 785. The molecule has 0 saturated heterocycles. The molecule has 0 spiro atoms. The number of anilines is 2. The average molecular weight is 386 g/mol. The van der Waals surface area contributed by atoms with Crippen LogP contribution in [0.5, 0.6) is 0 Å². The van der Waals surface area contributed by atoms with Crippen molar-refractivity contribution in [3.8, 4) is 0 Å². The summed E-state index contributed by atoms with van der Waals surface area (Å²) < 4.78 is 5.03. The molecule has 0 aromatic heterocycles. The van der Waals surface area contributed by atoms with Crippen LogP contribution in [0, 0.1) is 5.41 Å². The first kappa shape index (κ1) is 20.4. The van der Waals surface area contributed by atoms with Crippen LogP contribution in [0.4, 0.5) is 11.4 Å². The Labute approximate surface area is 167 Å². The highest BCUT2D eigenvalue weighted by molar-refractivity contribution is 6.01. The molecular formula is C22H31N3O3. The molecule has 1 aliphatic carbocycles. The van der Waals surface area contributed by atoms with E-state index in [1.54, 1.807) is 7.11 Å². The number of carbonyl (C=O) groups is 2. The van der Waals surface area contributed by atoms with Gasteiger partial charge in [-0.2, -0.15) is 0 Å². The van der Waals surface area contributed by atoms with Crippen LogP contribution < -0.4 is 15.5 Å². The number of benzene rings is 1. The van der Waals surface area contributed by atoms with Crippen molar-refractivity contribution in [3.63, 3.8) is 0 Å². The average Bonchev–Trinajstić information content (AvgIpc) is 2.73. The van der Waals surface area contributed by atoms with Gasteiger partial charge in [-0.15, -0.1) is 0 Å². The summed E-state index contributed by atoms with van der Waals surface area (Å²) in [4.78, 5) is 27.6. The van der Waals surface area contributed by atoms with Crippen molar-refractivity contribution in [3.05, 3.63) is 35.5 Å². The summed E-state index contributed by atoms with van der Waals surface area (Å²) in [5, 5.41) is 6.46. The molecule has 1 unspecified atom stereocenters. The van der Waals surface area contributed by atoms with E-state index in [4.69, 9.17) is 4.74 Å². The number of Topliss-reactive ketones (excluding diaryl/α,β-unsaturated/α-hetero) is 1. The summed E-state index contributed by atoms with van der Waals surface area (Å²) in [6.45, 7) is 7.68. The molecule has 0 fully saturated rings. The zero-order valence-electron chi connectivity index (χ0n) is 17.3. The standard InChI is InChI=1S/C22H31N3O3/c1-15-21-17(12-22(2,3)13-19(21)26)24-16-8-5-6-9-18(16)25(15)14-20(27)23-10-7-11-28-4/h5-6,8-9,15,24H,7,10-14H2,1-4H3,(H,23,27). The third-order valence-corrected chi connectivity index (χ3v) is 5.47. The Morgan fingerprint density at radius 3 is 2.82 bits per heavy atom. The lowest BCUT2D eigenvalue weighted by Gasteiger charge is -2.36. The Hall–Kier alpha value is -2.34. The quantitative estimate of drug-likeness (QED) is 0.737. The SMILES string of the molecule is COCCCNC(=O)CN1c2ccccc2NC2=C(C(=O)CC(C)(C)C2)C1C. The summed E-state index contributed by atoms with van der Waals surface area (Å²) in [5.74, 6) is 0.120. The smallest absolute Gasteiger partial charge is 0.239 e. The number of hydrogen-bond acceptors (Lipinski definition) is 5. The first-order valence-corrected chi connectivity index (χ1v) is 9.97. The van der Waals surface area contributed by atoms with Crippen LogP contribution >= 0.6 is 0 Å². The molecule has 1 atom stereocenters. The van der Waals surface area contributed by atoms with Gasteiger partial charge >= 0.3 is 0 Å². The molecule has 1 aromatic carbocycles. The summed E-state index contributed by atoms with van der Waals surface area (Å²) in [5.41, 5.74) is 3.62. The van der Waals surface area contributed by atoms with Crippen LogP contribution in [0.15, 0.2) is 35.5 Å². The zero-order valence-corrected chi connectivity index (χ0v) is 17.3. The summed E-state index contributed by atoms with van der Waals surface area (Å²) in [7, 11) is 1.65. The maximum absolute atomic E-state index is 13.0. The molecule has 2 N–H and O–H groups in total. The fourth-order valence-corrected chi connectivity index (χ4v) is 4.16. The van der Waals surface area contributed by atoms with Gasteiger partial charge in [0.15, 0.2) is 5.78 Å². The number of methoxy groups -OCH3 is 1. The van der Waals surface area contributed by atoms with Gasteiger partial charge in [0.25, 0.3) is 0 Å². The summed E-state index contributed by atoms with van der Waals surface area (Å²) in [6, 6.07) is 7.78. The number of nitrogens with one attached hydrogen (secondary N) is 2. The molecule has 6 heteroatoms. The maximum atomic E-state index is 13.0. The van der Waals surface area contributed by atoms with Gasteiger partial charge in [0.2, 0.25) is 5.91 Å². The first-order valence-electron chi connectivity index (χ1n) is 9.97. The van der Waals surface area contributed by atoms with E-state index in [-0.39, 0.29) is 29.7 Å². The number of hydrogen-bond donors (Lipinski definition) is 2. The van der Waals surface area contributed by atoms with Gasteiger partial charge in [0.05, 0.1) is 24.0 Å². The topological polar surface area (TPSA) is 70.7 Å². The number of nitrogens with zero attached hydrogens (tertiary/aromatic N) is 1. The molecule has 6 nitrogen and oxygen atoms in total. The fourth-order valence-electron chi connectivity index (χ4n) is 4.16. The fraction of sp³-hybridized carbons (Fsp3) is 0.545. The normalized spacial score (nSPS) is 20.8. The Balaban J connectivity index is 1.88. The number of rotatable bonds is 6. The van der Waals surface area contributed by atoms with Gasteiger partial charge < -0.3 is 20.3 Å². The lowest BCUT2D eigenvalue weighted by Crippen LogP contribution is -2.45. The second-order valence-corrected chi connectivity index (χ2v) is 8.48. The summed E-state index contributed by atoms with van der Waals surface area (Å²) >= 11 is 0. The molecule has 0 saturated carbocycles. The van der Waals surface area contributed by atoms with Crippen LogP contribution in [0.25, 0.3) is 0 Å². The molecule has 1 aromatic rings. The molecule has 1 amide bonds. The van der Waals surface area contributed by atoms with Gasteiger partial charge in [-0.1, -0.05) is 26.0 Å².